The molecule has 0 spiro atoms. The normalized spacial score (nSPS) is 10.9. The van der Waals surface area contributed by atoms with Crippen molar-refractivity contribution in [1.82, 2.24) is 0 Å². The minimum Gasteiger partial charge on any atom is -0.0984 e. The van der Waals surface area contributed by atoms with Crippen molar-refractivity contribution in [3.05, 3.63) is 41.0 Å². The van der Waals surface area contributed by atoms with E-state index >= 15 is 0 Å². The molecular weight excluding hydrogens is 204 g/mol. The Bertz CT molecular complexity index is 345. The molecule has 17 heavy (non-hydrogen) atoms. The summed E-state index contributed by atoms with van der Waals surface area (Å²) in [5.41, 5.74) is 5.83. The van der Waals surface area contributed by atoms with Crippen LogP contribution >= 0.6 is 0 Å². The lowest BCUT2D eigenvalue weighted by atomic mass is 9.89. The van der Waals surface area contributed by atoms with Crippen molar-refractivity contribution in [2.75, 3.05) is 0 Å². The quantitative estimate of drug-likeness (QED) is 0.617. The molecule has 0 aliphatic carbocycles. The van der Waals surface area contributed by atoms with Gasteiger partial charge in [0.1, 0.15) is 0 Å². The second-order valence-corrected chi connectivity index (χ2v) is 5.11. The third kappa shape index (κ3) is 3.46. The first kappa shape index (κ1) is 14.0. The lowest BCUT2D eigenvalue weighted by Crippen LogP contribution is -2.00. The van der Waals surface area contributed by atoms with Crippen LogP contribution in [0.15, 0.2) is 18.7 Å². The number of hydrogen-bond acceptors (Lipinski definition) is 0. The van der Waals surface area contributed by atoms with E-state index in [1.165, 1.54) is 47.9 Å². The van der Waals surface area contributed by atoms with Gasteiger partial charge in [0.05, 0.1) is 0 Å². The predicted octanol–water partition coefficient (Wildman–Crippen LogP) is 5.36. The molecule has 94 valence electrons. The maximum absolute atomic E-state index is 3.99. The van der Waals surface area contributed by atoms with Crippen LogP contribution in [0.2, 0.25) is 0 Å². The smallest absolute Gasteiger partial charge is 0.0198 e. The molecule has 1 aromatic rings. The minimum atomic E-state index is 0.611. The molecule has 1 aromatic carbocycles. The Balaban J connectivity index is 3.28. The van der Waals surface area contributed by atoms with E-state index < -0.39 is 0 Å². The molecule has 0 atom stereocenters. The van der Waals surface area contributed by atoms with Crippen LogP contribution < -0.4 is 0 Å². The van der Waals surface area contributed by atoms with Crippen LogP contribution in [0, 0.1) is 0 Å². The summed E-state index contributed by atoms with van der Waals surface area (Å²) in [4.78, 5) is 0. The highest BCUT2D eigenvalue weighted by atomic mass is 14.1. The Morgan fingerprint density at radius 2 is 1.53 bits per heavy atom. The van der Waals surface area contributed by atoms with E-state index in [1.807, 2.05) is 6.08 Å². The highest BCUT2D eigenvalue weighted by Gasteiger charge is 2.09. The molecule has 0 radical (unpaired) electrons. The summed E-state index contributed by atoms with van der Waals surface area (Å²) in [5, 5.41) is 0. The lowest BCUT2D eigenvalue weighted by molar-refractivity contribution is 0.837. The fourth-order valence-corrected chi connectivity index (χ4v) is 2.35. The predicted molar refractivity (Wildman–Crippen MR) is 78.6 cm³/mol. The van der Waals surface area contributed by atoms with Crippen molar-refractivity contribution < 1.29 is 0 Å². The summed E-state index contributed by atoms with van der Waals surface area (Å²) in [5.74, 6) is 0.611. The Morgan fingerprint density at radius 1 is 1.06 bits per heavy atom. The molecule has 0 bridgehead atoms. The van der Waals surface area contributed by atoms with Crippen molar-refractivity contribution in [1.29, 1.82) is 0 Å². The molecule has 0 heterocycles. The minimum absolute atomic E-state index is 0.611. The van der Waals surface area contributed by atoms with Gasteiger partial charge < -0.3 is 0 Å². The van der Waals surface area contributed by atoms with Crippen molar-refractivity contribution in [2.24, 2.45) is 0 Å². The summed E-state index contributed by atoms with van der Waals surface area (Å²) in [7, 11) is 0. The second kappa shape index (κ2) is 6.64. The van der Waals surface area contributed by atoms with Gasteiger partial charge in [-0.2, -0.15) is 0 Å². The van der Waals surface area contributed by atoms with Crippen LogP contribution in [-0.4, -0.2) is 0 Å². The first-order valence-electron chi connectivity index (χ1n) is 6.92. The van der Waals surface area contributed by atoms with Gasteiger partial charge in [0.2, 0.25) is 0 Å². The Hall–Kier alpha value is -1.04. The molecule has 0 unspecified atom stereocenters. The molecule has 0 heteroatoms. The Kier molecular flexibility index (Phi) is 5.47. The maximum atomic E-state index is 3.99. The van der Waals surface area contributed by atoms with Crippen LogP contribution in [-0.2, 0) is 12.8 Å². The van der Waals surface area contributed by atoms with Gasteiger partial charge in [-0.15, -0.1) is 0 Å². The van der Waals surface area contributed by atoms with Crippen molar-refractivity contribution >= 4 is 6.08 Å². The highest BCUT2D eigenvalue weighted by Crippen LogP contribution is 2.26. The summed E-state index contributed by atoms with van der Waals surface area (Å²) in [6.45, 7) is 13.0. The standard InChI is InChI=1S/C17H26/c1-6-9-14-11-16(13(4)5)12-15(10-7-2)17(14)8-3/h8,11-13H,3,6-7,9-10H2,1-2,4-5H3. The third-order valence-electron chi connectivity index (χ3n) is 3.28. The SMILES string of the molecule is C=Cc1c(CCC)cc(C(C)C)cc1CCC. The van der Waals surface area contributed by atoms with E-state index in [0.717, 1.165) is 0 Å². The summed E-state index contributed by atoms with van der Waals surface area (Å²) < 4.78 is 0. The molecule has 0 aliphatic heterocycles. The van der Waals surface area contributed by atoms with E-state index in [-0.39, 0.29) is 0 Å². The van der Waals surface area contributed by atoms with Gasteiger partial charge in [0, 0.05) is 0 Å². The van der Waals surface area contributed by atoms with Crippen molar-refractivity contribution in [2.45, 2.75) is 59.3 Å². The molecule has 0 N–H and O–H groups in total. The Morgan fingerprint density at radius 3 is 1.82 bits per heavy atom. The highest BCUT2D eigenvalue weighted by molar-refractivity contribution is 5.58. The van der Waals surface area contributed by atoms with Crippen LogP contribution in [0.1, 0.15) is 68.7 Å². The van der Waals surface area contributed by atoms with Gasteiger partial charge >= 0.3 is 0 Å². The number of hydrogen-bond donors (Lipinski definition) is 0. The van der Waals surface area contributed by atoms with Gasteiger partial charge in [-0.05, 0) is 41.0 Å². The molecule has 0 saturated heterocycles. The van der Waals surface area contributed by atoms with Crippen LogP contribution in [0.5, 0.6) is 0 Å². The van der Waals surface area contributed by atoms with Crippen molar-refractivity contribution in [3.63, 3.8) is 0 Å². The molecule has 0 aliphatic rings. The molecule has 0 nitrogen and oxygen atoms in total. The van der Waals surface area contributed by atoms with Crippen LogP contribution in [0.25, 0.3) is 6.08 Å². The van der Waals surface area contributed by atoms with E-state index in [9.17, 15) is 0 Å². The van der Waals surface area contributed by atoms with E-state index in [1.54, 1.807) is 0 Å². The summed E-state index contributed by atoms with van der Waals surface area (Å²) in [6.07, 6.45) is 6.78. The molecule has 0 saturated carbocycles. The monoisotopic (exact) mass is 230 g/mol. The summed E-state index contributed by atoms with van der Waals surface area (Å²) >= 11 is 0. The van der Waals surface area contributed by atoms with Crippen LogP contribution in [0.4, 0.5) is 0 Å². The molecular formula is C17H26. The average molecular weight is 230 g/mol. The van der Waals surface area contributed by atoms with E-state index in [0.29, 0.717) is 5.92 Å². The van der Waals surface area contributed by atoms with Gasteiger partial charge in [-0.3, -0.25) is 0 Å². The summed E-state index contributed by atoms with van der Waals surface area (Å²) in [6, 6.07) is 4.76. The van der Waals surface area contributed by atoms with Crippen molar-refractivity contribution in [3.8, 4) is 0 Å². The van der Waals surface area contributed by atoms with Gasteiger partial charge in [0.15, 0.2) is 0 Å². The van der Waals surface area contributed by atoms with Crippen LogP contribution in [0.3, 0.4) is 0 Å². The number of rotatable bonds is 6. The van der Waals surface area contributed by atoms with E-state index in [4.69, 9.17) is 0 Å². The van der Waals surface area contributed by atoms with Gasteiger partial charge in [0.25, 0.3) is 0 Å². The van der Waals surface area contributed by atoms with Gasteiger partial charge in [-0.1, -0.05) is 65.3 Å². The third-order valence-corrected chi connectivity index (χ3v) is 3.28. The zero-order valence-electron chi connectivity index (χ0n) is 11.8. The fraction of sp³-hybridized carbons (Fsp3) is 0.529. The number of benzene rings is 1. The maximum Gasteiger partial charge on any atom is -0.0198 e. The zero-order valence-corrected chi connectivity index (χ0v) is 11.8. The molecule has 0 aromatic heterocycles. The molecule has 1 rings (SSSR count). The van der Waals surface area contributed by atoms with E-state index in [2.05, 4.69) is 46.4 Å². The lowest BCUT2D eigenvalue weighted by Gasteiger charge is -2.16. The zero-order chi connectivity index (χ0) is 12.8. The largest absolute Gasteiger partial charge is 0.0984 e. The average Bonchev–Trinajstić information content (AvgIpc) is 2.29. The molecule has 0 fully saturated rings. The van der Waals surface area contributed by atoms with Gasteiger partial charge in [-0.25, -0.2) is 0 Å². The Labute approximate surface area is 107 Å². The first-order valence-corrected chi connectivity index (χ1v) is 6.92. The molecule has 0 amide bonds. The first-order chi connectivity index (χ1) is 8.13. The topological polar surface area (TPSA) is 0 Å². The fourth-order valence-electron chi connectivity index (χ4n) is 2.35. The second-order valence-electron chi connectivity index (χ2n) is 5.11. The number of aryl methyl sites for hydroxylation is 2.